The average molecular weight is 202 g/mol. The van der Waals surface area contributed by atoms with Gasteiger partial charge in [-0.15, -0.1) is 0 Å². The molecule has 0 aliphatic heterocycles. The Bertz CT molecular complexity index is 163. The van der Waals surface area contributed by atoms with E-state index in [1.165, 1.54) is 12.8 Å². The second-order valence-electron chi connectivity index (χ2n) is 4.20. The first-order valence-corrected chi connectivity index (χ1v) is 5.52. The maximum atomic E-state index is 10.4. The Hall–Kier alpha value is -0.570. The summed E-state index contributed by atoms with van der Waals surface area (Å²) >= 11 is 0. The lowest BCUT2D eigenvalue weighted by molar-refractivity contribution is -0.118. The Morgan fingerprint density at radius 3 is 2.36 bits per heavy atom. The molecule has 1 amide bonds. The lowest BCUT2D eigenvalue weighted by Gasteiger charge is -2.20. The van der Waals surface area contributed by atoms with E-state index in [2.05, 4.69) is 25.8 Å². The van der Waals surface area contributed by atoms with Gasteiger partial charge in [0, 0.05) is 13.9 Å². The van der Waals surface area contributed by atoms with E-state index in [4.69, 9.17) is 5.73 Å². The van der Waals surface area contributed by atoms with Crippen LogP contribution in [0.3, 0.4) is 0 Å². The minimum absolute atomic E-state index is 0. The van der Waals surface area contributed by atoms with Gasteiger partial charge in [-0.3, -0.25) is 4.79 Å². The van der Waals surface area contributed by atoms with Gasteiger partial charge in [0.1, 0.15) is 0 Å². The second kappa shape index (κ2) is 7.80. The van der Waals surface area contributed by atoms with Crippen molar-refractivity contribution >= 4 is 5.91 Å². The summed E-state index contributed by atoms with van der Waals surface area (Å²) in [7, 11) is 2.15. The summed E-state index contributed by atoms with van der Waals surface area (Å²) in [6.45, 7) is 5.55. The van der Waals surface area contributed by atoms with Crippen LogP contribution in [0, 0.1) is 0 Å². The van der Waals surface area contributed by atoms with Crippen LogP contribution in [-0.4, -0.2) is 30.4 Å². The van der Waals surface area contributed by atoms with E-state index in [1.807, 2.05) is 0 Å². The van der Waals surface area contributed by atoms with Crippen molar-refractivity contribution in [2.45, 2.75) is 52.0 Å². The van der Waals surface area contributed by atoms with Gasteiger partial charge in [0.25, 0.3) is 0 Å². The molecule has 86 valence electrons. The normalized spacial score (nSPS) is 11.2. The highest BCUT2D eigenvalue weighted by Crippen LogP contribution is 2.04. The molecule has 0 aromatic heterocycles. The summed E-state index contributed by atoms with van der Waals surface area (Å²) in [5.41, 5.74) is 5.05. The predicted octanol–water partition coefficient (Wildman–Crippen LogP) is 2.01. The van der Waals surface area contributed by atoms with E-state index in [0.717, 1.165) is 19.4 Å². The molecule has 0 spiro atoms. The molecule has 0 aromatic carbocycles. The Morgan fingerprint density at radius 2 is 1.86 bits per heavy atom. The summed E-state index contributed by atoms with van der Waals surface area (Å²) in [4.78, 5) is 12.8. The summed E-state index contributed by atoms with van der Waals surface area (Å²) in [5.74, 6) is -0.177. The van der Waals surface area contributed by atoms with Gasteiger partial charge < -0.3 is 10.6 Å². The number of carbonyl (C=O) groups is 1. The van der Waals surface area contributed by atoms with Crippen molar-refractivity contribution in [1.29, 1.82) is 0 Å². The molecule has 0 rings (SSSR count). The van der Waals surface area contributed by atoms with E-state index in [-0.39, 0.29) is 7.33 Å². The number of nitrogens with zero attached hydrogens (tertiary/aromatic N) is 1. The zero-order valence-corrected chi connectivity index (χ0v) is 9.75. The Labute approximate surface area is 89.1 Å². The number of unbranched alkanes of at least 4 members (excludes halogenated alkanes) is 3. The molecule has 3 heteroatoms. The first-order valence-electron chi connectivity index (χ1n) is 5.52. The number of carbonyl (C=O) groups excluding carboxylic acids is 1. The fourth-order valence-electron chi connectivity index (χ4n) is 1.27. The van der Waals surface area contributed by atoms with Gasteiger partial charge in [-0.05, 0) is 40.3 Å². The van der Waals surface area contributed by atoms with Crippen LogP contribution in [0.1, 0.15) is 47.4 Å². The molecule has 0 unspecified atom stereocenters. The number of primary amides is 1. The van der Waals surface area contributed by atoms with Crippen molar-refractivity contribution in [3.8, 4) is 0 Å². The van der Waals surface area contributed by atoms with Crippen molar-refractivity contribution in [2.24, 2.45) is 5.73 Å². The first-order chi connectivity index (χ1) is 6.54. The number of amides is 1. The monoisotopic (exact) mass is 202 g/mol. The molecule has 0 aliphatic carbocycles. The molecule has 0 aliphatic rings. The molecule has 0 fully saturated rings. The molecule has 2 N–H and O–H groups in total. The molecule has 0 heterocycles. The van der Waals surface area contributed by atoms with Crippen molar-refractivity contribution in [3.63, 3.8) is 0 Å². The predicted molar refractivity (Wildman–Crippen MR) is 62.2 cm³/mol. The van der Waals surface area contributed by atoms with Crippen molar-refractivity contribution in [1.82, 2.24) is 4.90 Å². The second-order valence-corrected chi connectivity index (χ2v) is 4.20. The van der Waals surface area contributed by atoms with E-state index >= 15 is 0 Å². The SMILES string of the molecule is CC(C)N(C)CCCCCCC(N)=O.[HH]. The molecular formula is C11H26N2O. The average Bonchev–Trinajstić information content (AvgIpc) is 2.09. The molecule has 0 saturated heterocycles. The molecule has 14 heavy (non-hydrogen) atoms. The third kappa shape index (κ3) is 8.05. The van der Waals surface area contributed by atoms with Gasteiger partial charge >= 0.3 is 0 Å². The van der Waals surface area contributed by atoms with E-state index in [9.17, 15) is 4.79 Å². The molecule has 0 atom stereocenters. The zero-order chi connectivity index (χ0) is 11.0. The fraction of sp³-hybridized carbons (Fsp3) is 0.909. The van der Waals surface area contributed by atoms with Crippen LogP contribution in [0.2, 0.25) is 0 Å². The van der Waals surface area contributed by atoms with Crippen LogP contribution in [0.4, 0.5) is 0 Å². The van der Waals surface area contributed by atoms with Crippen molar-refractivity contribution in [2.75, 3.05) is 13.6 Å². The smallest absolute Gasteiger partial charge is 0.217 e. The first kappa shape index (κ1) is 13.4. The Balaban J connectivity index is 0. The van der Waals surface area contributed by atoms with Gasteiger partial charge in [0.15, 0.2) is 0 Å². The molecule has 0 saturated carbocycles. The van der Waals surface area contributed by atoms with Gasteiger partial charge in [0.05, 0.1) is 0 Å². The van der Waals surface area contributed by atoms with Gasteiger partial charge in [-0.2, -0.15) is 0 Å². The summed E-state index contributed by atoms with van der Waals surface area (Å²) in [5, 5.41) is 0. The third-order valence-electron chi connectivity index (χ3n) is 2.57. The highest BCUT2D eigenvalue weighted by molar-refractivity contribution is 5.73. The number of hydrogen-bond donors (Lipinski definition) is 1. The minimum atomic E-state index is -0.177. The van der Waals surface area contributed by atoms with E-state index in [1.54, 1.807) is 0 Å². The quantitative estimate of drug-likeness (QED) is 0.612. The maximum absolute atomic E-state index is 10.4. The topological polar surface area (TPSA) is 46.3 Å². The summed E-state index contributed by atoms with van der Waals surface area (Å²) < 4.78 is 0. The summed E-state index contributed by atoms with van der Waals surface area (Å²) in [6, 6.07) is 0.626. The fourth-order valence-corrected chi connectivity index (χ4v) is 1.27. The van der Waals surface area contributed by atoms with Crippen LogP contribution in [0.15, 0.2) is 0 Å². The van der Waals surface area contributed by atoms with Crippen LogP contribution >= 0.6 is 0 Å². The molecule has 3 nitrogen and oxygen atoms in total. The number of rotatable bonds is 8. The Morgan fingerprint density at radius 1 is 1.29 bits per heavy atom. The van der Waals surface area contributed by atoms with Crippen LogP contribution < -0.4 is 5.73 Å². The van der Waals surface area contributed by atoms with E-state index in [0.29, 0.717) is 12.5 Å². The van der Waals surface area contributed by atoms with Gasteiger partial charge in [-0.25, -0.2) is 0 Å². The lowest BCUT2D eigenvalue weighted by atomic mass is 10.1. The van der Waals surface area contributed by atoms with Gasteiger partial charge in [-0.1, -0.05) is 12.8 Å². The van der Waals surface area contributed by atoms with Gasteiger partial charge in [0.2, 0.25) is 5.91 Å². The number of nitrogens with two attached hydrogens (primary N) is 1. The van der Waals surface area contributed by atoms with Crippen LogP contribution in [0.5, 0.6) is 0 Å². The molecular weight excluding hydrogens is 176 g/mol. The molecule has 0 radical (unpaired) electrons. The van der Waals surface area contributed by atoms with Crippen LogP contribution in [0.25, 0.3) is 0 Å². The van der Waals surface area contributed by atoms with E-state index < -0.39 is 0 Å². The summed E-state index contributed by atoms with van der Waals surface area (Å²) in [6.07, 6.45) is 5.02. The standard InChI is InChI=1S/C11H24N2O.H2/c1-10(2)13(3)9-7-5-4-6-8-11(12)14;/h10H,4-9H2,1-3H3,(H2,12,14);1H. The molecule has 0 bridgehead atoms. The largest absolute Gasteiger partial charge is 0.370 e. The third-order valence-corrected chi connectivity index (χ3v) is 2.57. The lowest BCUT2D eigenvalue weighted by Crippen LogP contribution is -2.27. The Kier molecular flexibility index (Phi) is 7.48. The van der Waals surface area contributed by atoms with Crippen molar-refractivity contribution < 1.29 is 6.22 Å². The highest BCUT2D eigenvalue weighted by atomic mass is 16.1. The highest BCUT2D eigenvalue weighted by Gasteiger charge is 2.01. The van der Waals surface area contributed by atoms with Crippen LogP contribution in [-0.2, 0) is 4.79 Å². The molecule has 0 aromatic rings. The zero-order valence-electron chi connectivity index (χ0n) is 9.75. The minimum Gasteiger partial charge on any atom is -0.370 e. The van der Waals surface area contributed by atoms with Crippen molar-refractivity contribution in [3.05, 3.63) is 0 Å². The number of hydrogen-bond acceptors (Lipinski definition) is 2. The maximum Gasteiger partial charge on any atom is 0.217 e.